The second kappa shape index (κ2) is 5.10. The third-order valence-electron chi connectivity index (χ3n) is 2.61. The molecule has 0 aliphatic heterocycles. The molecular weight excluding hydrogens is 284 g/mol. The second-order valence-corrected chi connectivity index (χ2v) is 5.60. The maximum atomic E-state index is 5.93. The van der Waals surface area contributed by atoms with Crippen LogP contribution in [0.1, 0.15) is 10.7 Å². The van der Waals surface area contributed by atoms with E-state index in [4.69, 9.17) is 11.6 Å². The van der Waals surface area contributed by atoms with Crippen LogP contribution in [0.4, 0.5) is 5.82 Å². The highest BCUT2D eigenvalue weighted by Crippen LogP contribution is 2.29. The highest BCUT2D eigenvalue weighted by atomic mass is 35.5. The Morgan fingerprint density at radius 3 is 3.11 bits per heavy atom. The van der Waals surface area contributed by atoms with Gasteiger partial charge in [-0.1, -0.05) is 0 Å². The summed E-state index contributed by atoms with van der Waals surface area (Å²) in [5.74, 6) is 1.60. The van der Waals surface area contributed by atoms with E-state index in [0.29, 0.717) is 6.54 Å². The van der Waals surface area contributed by atoms with Crippen molar-refractivity contribution in [3.8, 4) is 0 Å². The molecule has 0 spiro atoms. The first-order valence-electron chi connectivity index (χ1n) is 5.74. The molecular formula is C11H11ClN6S. The van der Waals surface area contributed by atoms with Crippen LogP contribution in [0.5, 0.6) is 0 Å². The topological polar surface area (TPSA) is 79.4 Å². The molecule has 0 saturated heterocycles. The minimum atomic E-state index is 0.261. The predicted molar refractivity (Wildman–Crippen MR) is 75.7 cm³/mol. The average Bonchev–Trinajstić information content (AvgIpc) is 2.97. The molecule has 0 amide bonds. The first-order valence-corrected chi connectivity index (χ1v) is 6.93. The first kappa shape index (κ1) is 12.3. The number of nitrogens with zero attached hydrogens (tertiary/aromatic N) is 4. The van der Waals surface area contributed by atoms with Crippen molar-refractivity contribution in [2.24, 2.45) is 0 Å². The molecule has 0 unspecified atom stereocenters. The summed E-state index contributed by atoms with van der Waals surface area (Å²) in [7, 11) is 0. The van der Waals surface area contributed by atoms with Crippen LogP contribution < -0.4 is 5.32 Å². The van der Waals surface area contributed by atoms with E-state index in [1.807, 2.05) is 6.92 Å². The minimum Gasteiger partial charge on any atom is -0.369 e. The quantitative estimate of drug-likeness (QED) is 0.723. The Balaban J connectivity index is 1.79. The molecule has 0 radical (unpaired) electrons. The SMILES string of the molecule is Cc1cc2c(NCCc3ncn[nH]3)nc(Cl)nc2s1. The Bertz CT molecular complexity index is 693. The van der Waals surface area contributed by atoms with Crippen molar-refractivity contribution in [3.05, 3.63) is 28.4 Å². The number of rotatable bonds is 4. The number of halogens is 1. The summed E-state index contributed by atoms with van der Waals surface area (Å²) >= 11 is 7.54. The normalized spacial score (nSPS) is 11.1. The van der Waals surface area contributed by atoms with E-state index < -0.39 is 0 Å². The van der Waals surface area contributed by atoms with Crippen molar-refractivity contribution < 1.29 is 0 Å². The van der Waals surface area contributed by atoms with Gasteiger partial charge in [0.1, 0.15) is 22.8 Å². The zero-order valence-corrected chi connectivity index (χ0v) is 11.7. The van der Waals surface area contributed by atoms with Gasteiger partial charge in [0.05, 0.1) is 5.39 Å². The van der Waals surface area contributed by atoms with Crippen LogP contribution in [0.15, 0.2) is 12.4 Å². The fraction of sp³-hybridized carbons (Fsp3) is 0.273. The lowest BCUT2D eigenvalue weighted by Gasteiger charge is -2.05. The van der Waals surface area contributed by atoms with E-state index in [9.17, 15) is 0 Å². The Labute approximate surface area is 118 Å². The number of thiophene rings is 1. The molecule has 0 aliphatic carbocycles. The average molecular weight is 295 g/mol. The molecule has 3 aromatic heterocycles. The summed E-state index contributed by atoms with van der Waals surface area (Å²) in [4.78, 5) is 14.6. The van der Waals surface area contributed by atoms with Crippen molar-refractivity contribution in [1.82, 2.24) is 25.1 Å². The molecule has 2 N–H and O–H groups in total. The second-order valence-electron chi connectivity index (χ2n) is 4.03. The third-order valence-corrected chi connectivity index (χ3v) is 3.72. The molecule has 8 heteroatoms. The largest absolute Gasteiger partial charge is 0.369 e. The van der Waals surface area contributed by atoms with Crippen LogP contribution in [0, 0.1) is 6.92 Å². The van der Waals surface area contributed by atoms with E-state index in [1.54, 1.807) is 11.3 Å². The summed E-state index contributed by atoms with van der Waals surface area (Å²) < 4.78 is 0. The fourth-order valence-corrected chi connectivity index (χ4v) is 2.90. The summed E-state index contributed by atoms with van der Waals surface area (Å²) in [5, 5.41) is 11.2. The molecule has 0 bridgehead atoms. The molecule has 0 fully saturated rings. The van der Waals surface area contributed by atoms with Crippen LogP contribution >= 0.6 is 22.9 Å². The number of aromatic amines is 1. The Morgan fingerprint density at radius 2 is 2.32 bits per heavy atom. The van der Waals surface area contributed by atoms with Gasteiger partial charge in [-0.15, -0.1) is 11.3 Å². The Kier molecular flexibility index (Phi) is 3.31. The molecule has 3 rings (SSSR count). The van der Waals surface area contributed by atoms with Gasteiger partial charge in [-0.25, -0.2) is 15.0 Å². The Morgan fingerprint density at radius 1 is 1.42 bits per heavy atom. The lowest BCUT2D eigenvalue weighted by atomic mass is 10.3. The van der Waals surface area contributed by atoms with Gasteiger partial charge >= 0.3 is 0 Å². The molecule has 0 atom stereocenters. The number of hydrogen-bond donors (Lipinski definition) is 2. The number of hydrogen-bond acceptors (Lipinski definition) is 6. The molecule has 6 nitrogen and oxygen atoms in total. The van der Waals surface area contributed by atoms with Crippen molar-refractivity contribution in [3.63, 3.8) is 0 Å². The van der Waals surface area contributed by atoms with Crippen molar-refractivity contribution in [2.75, 3.05) is 11.9 Å². The van der Waals surface area contributed by atoms with E-state index in [0.717, 1.165) is 28.3 Å². The van der Waals surface area contributed by atoms with Gasteiger partial charge in [-0.3, -0.25) is 5.10 Å². The van der Waals surface area contributed by atoms with Gasteiger partial charge in [0, 0.05) is 17.8 Å². The number of H-pyrrole nitrogens is 1. The number of aryl methyl sites for hydroxylation is 1. The zero-order chi connectivity index (χ0) is 13.2. The van der Waals surface area contributed by atoms with Crippen LogP contribution in [0.25, 0.3) is 10.2 Å². The monoisotopic (exact) mass is 294 g/mol. The molecule has 3 heterocycles. The standard InChI is InChI=1S/C11H11ClN6S/c1-6-4-7-9(16-11(12)17-10(7)19-6)13-3-2-8-14-5-15-18-8/h4-5H,2-3H2,1H3,(H,13,16,17)(H,14,15,18). The van der Waals surface area contributed by atoms with Gasteiger partial charge in [0.2, 0.25) is 5.28 Å². The highest BCUT2D eigenvalue weighted by molar-refractivity contribution is 7.18. The van der Waals surface area contributed by atoms with Gasteiger partial charge < -0.3 is 5.32 Å². The third kappa shape index (κ3) is 2.66. The fourth-order valence-electron chi connectivity index (χ4n) is 1.80. The number of nitrogens with one attached hydrogen (secondary N) is 2. The van der Waals surface area contributed by atoms with Crippen LogP contribution in [0.3, 0.4) is 0 Å². The summed E-state index contributed by atoms with van der Waals surface area (Å²) in [5.41, 5.74) is 0. The molecule has 98 valence electrons. The van der Waals surface area contributed by atoms with Crippen LogP contribution in [-0.2, 0) is 6.42 Å². The summed E-state index contributed by atoms with van der Waals surface area (Å²) in [6.07, 6.45) is 2.24. The van der Waals surface area contributed by atoms with Crippen molar-refractivity contribution in [2.45, 2.75) is 13.3 Å². The van der Waals surface area contributed by atoms with Gasteiger partial charge in [0.25, 0.3) is 0 Å². The lowest BCUT2D eigenvalue weighted by molar-refractivity contribution is 0.898. The first-order chi connectivity index (χ1) is 9.22. The molecule has 0 aromatic carbocycles. The summed E-state index contributed by atoms with van der Waals surface area (Å²) in [6, 6.07) is 2.06. The summed E-state index contributed by atoms with van der Waals surface area (Å²) in [6.45, 7) is 2.74. The number of anilines is 1. The van der Waals surface area contributed by atoms with Crippen molar-refractivity contribution >= 4 is 39.0 Å². The highest BCUT2D eigenvalue weighted by Gasteiger charge is 2.09. The van der Waals surface area contributed by atoms with Gasteiger partial charge in [-0.05, 0) is 24.6 Å². The molecule has 0 aliphatic rings. The molecule has 3 aromatic rings. The molecule has 19 heavy (non-hydrogen) atoms. The van der Waals surface area contributed by atoms with Crippen molar-refractivity contribution in [1.29, 1.82) is 0 Å². The smallest absolute Gasteiger partial charge is 0.225 e. The minimum absolute atomic E-state index is 0.261. The van der Waals surface area contributed by atoms with Gasteiger partial charge in [-0.2, -0.15) is 5.10 Å². The maximum Gasteiger partial charge on any atom is 0.225 e. The van der Waals surface area contributed by atoms with Crippen LogP contribution in [-0.4, -0.2) is 31.7 Å². The number of aromatic nitrogens is 5. The van der Waals surface area contributed by atoms with E-state index in [2.05, 4.69) is 36.5 Å². The maximum absolute atomic E-state index is 5.93. The number of fused-ring (bicyclic) bond motifs is 1. The van der Waals surface area contributed by atoms with Crippen LogP contribution in [0.2, 0.25) is 5.28 Å². The van der Waals surface area contributed by atoms with E-state index in [1.165, 1.54) is 11.2 Å². The van der Waals surface area contributed by atoms with E-state index >= 15 is 0 Å². The predicted octanol–water partition coefficient (Wildman–Crippen LogP) is 2.43. The molecule has 0 saturated carbocycles. The van der Waals surface area contributed by atoms with Gasteiger partial charge in [0.15, 0.2) is 0 Å². The lowest BCUT2D eigenvalue weighted by Crippen LogP contribution is -2.08. The van der Waals surface area contributed by atoms with E-state index in [-0.39, 0.29) is 5.28 Å². The zero-order valence-electron chi connectivity index (χ0n) is 10.1. The Hall–Kier alpha value is -1.73.